The molecule has 0 radical (unpaired) electrons. The Hall–Kier alpha value is -3.17. The average Bonchev–Trinajstić information content (AvgIpc) is 2.92. The van der Waals surface area contributed by atoms with Crippen molar-refractivity contribution in [1.82, 2.24) is 0 Å². The predicted octanol–water partition coefficient (Wildman–Crippen LogP) is 3.66. The van der Waals surface area contributed by atoms with Gasteiger partial charge < -0.3 is 5.32 Å². The Morgan fingerprint density at radius 3 is 2.41 bits per heavy atom. The minimum Gasteiger partial charge on any atom is -0.320 e. The molecule has 1 aliphatic carbocycles. The summed E-state index contributed by atoms with van der Waals surface area (Å²) in [5.74, 6) is -1.30. The number of imide groups is 1. The average molecular weight is 382 g/mol. The van der Waals surface area contributed by atoms with Crippen molar-refractivity contribution in [3.8, 4) is 6.07 Å². The lowest BCUT2D eigenvalue weighted by atomic mass is 9.93. The summed E-state index contributed by atoms with van der Waals surface area (Å²) < 4.78 is 0. The molecule has 1 heterocycles. The predicted molar refractivity (Wildman–Crippen MR) is 102 cm³/mol. The van der Waals surface area contributed by atoms with E-state index in [0.29, 0.717) is 29.7 Å². The molecule has 3 amide bonds. The number of rotatable bonds is 4. The fourth-order valence-electron chi connectivity index (χ4n) is 3.19. The Morgan fingerprint density at radius 2 is 1.85 bits per heavy atom. The van der Waals surface area contributed by atoms with Gasteiger partial charge in [-0.1, -0.05) is 24.3 Å². The van der Waals surface area contributed by atoms with Gasteiger partial charge in [0.1, 0.15) is 11.6 Å². The molecule has 0 saturated carbocycles. The minimum atomic E-state index is -0.659. The lowest BCUT2D eigenvalue weighted by Crippen LogP contribution is -2.31. The Kier molecular flexibility index (Phi) is 5.24. The van der Waals surface area contributed by atoms with E-state index in [1.165, 1.54) is 24.3 Å². The van der Waals surface area contributed by atoms with Gasteiger partial charge in [-0.25, -0.2) is 4.90 Å². The van der Waals surface area contributed by atoms with Crippen LogP contribution in [0.3, 0.4) is 0 Å². The van der Waals surface area contributed by atoms with Gasteiger partial charge in [-0.2, -0.15) is 5.26 Å². The van der Waals surface area contributed by atoms with E-state index in [1.807, 2.05) is 0 Å². The Morgan fingerprint density at radius 1 is 1.22 bits per heavy atom. The second-order valence-corrected chi connectivity index (χ2v) is 6.56. The number of nitriles is 1. The summed E-state index contributed by atoms with van der Waals surface area (Å²) >= 11 is 6.13. The monoisotopic (exact) mass is 381 g/mol. The van der Waals surface area contributed by atoms with Crippen molar-refractivity contribution in [1.29, 1.82) is 5.26 Å². The first kappa shape index (κ1) is 18.6. The van der Waals surface area contributed by atoms with Crippen LogP contribution < -0.4 is 10.2 Å². The number of allylic oxidation sites excluding steroid dienone is 2. The topological polar surface area (TPSA) is 90.3 Å². The summed E-state index contributed by atoms with van der Waals surface area (Å²) in [5.41, 5.74) is 1.54. The van der Waals surface area contributed by atoms with Crippen LogP contribution in [-0.4, -0.2) is 17.7 Å². The van der Waals surface area contributed by atoms with Crippen molar-refractivity contribution in [3.63, 3.8) is 0 Å². The zero-order chi connectivity index (χ0) is 19.6. The van der Waals surface area contributed by atoms with E-state index in [4.69, 9.17) is 16.9 Å². The summed E-state index contributed by atoms with van der Waals surface area (Å²) in [6.07, 6.45) is 5.59. The smallest absolute Gasteiger partial charge is 0.266 e. The molecule has 3 rings (SSSR count). The van der Waals surface area contributed by atoms with E-state index in [-0.39, 0.29) is 28.1 Å². The zero-order valence-electron chi connectivity index (χ0n) is 14.4. The van der Waals surface area contributed by atoms with Crippen LogP contribution >= 0.6 is 11.6 Å². The highest BCUT2D eigenvalue weighted by Crippen LogP contribution is 2.37. The fraction of sp³-hybridized carbons (Fsp3) is 0.200. The van der Waals surface area contributed by atoms with Gasteiger partial charge in [-0.05, 0) is 50.0 Å². The van der Waals surface area contributed by atoms with Gasteiger partial charge in [0.25, 0.3) is 17.7 Å². The number of halogens is 1. The van der Waals surface area contributed by atoms with Crippen LogP contribution in [0.2, 0.25) is 5.02 Å². The Bertz CT molecular complexity index is 941. The summed E-state index contributed by atoms with van der Waals surface area (Å²) in [6, 6.07) is 6.27. The number of nitrogens with zero attached hydrogens (tertiary/aromatic N) is 2. The van der Waals surface area contributed by atoms with Gasteiger partial charge in [0.05, 0.1) is 16.4 Å². The van der Waals surface area contributed by atoms with Crippen molar-refractivity contribution in [3.05, 3.63) is 58.7 Å². The molecule has 0 spiro atoms. The van der Waals surface area contributed by atoms with Crippen LogP contribution in [0.1, 0.15) is 25.7 Å². The van der Waals surface area contributed by atoms with Gasteiger partial charge in [0.15, 0.2) is 0 Å². The number of amides is 3. The molecule has 0 atom stereocenters. The molecule has 1 N–H and O–H groups in total. The molecule has 0 aromatic heterocycles. The van der Waals surface area contributed by atoms with Gasteiger partial charge in [0.2, 0.25) is 0 Å². The van der Waals surface area contributed by atoms with Crippen molar-refractivity contribution >= 4 is 40.7 Å². The highest BCUT2D eigenvalue weighted by molar-refractivity contribution is 6.35. The fourth-order valence-corrected chi connectivity index (χ4v) is 3.36. The second kappa shape index (κ2) is 7.60. The molecule has 136 valence electrons. The lowest BCUT2D eigenvalue weighted by Gasteiger charge is -2.17. The number of hydrogen-bond acceptors (Lipinski definition) is 4. The second-order valence-electron chi connectivity index (χ2n) is 6.16. The van der Waals surface area contributed by atoms with E-state index in [0.717, 1.165) is 17.7 Å². The number of hydrogen-bond donors (Lipinski definition) is 1. The molecular formula is C20H16ClN3O3. The zero-order valence-corrected chi connectivity index (χ0v) is 15.2. The number of anilines is 2. The molecule has 1 aliphatic heterocycles. The van der Waals surface area contributed by atoms with Crippen LogP contribution in [0.15, 0.2) is 53.6 Å². The van der Waals surface area contributed by atoms with Gasteiger partial charge in [-0.3, -0.25) is 14.4 Å². The summed E-state index contributed by atoms with van der Waals surface area (Å²) in [7, 11) is 0. The SMILES string of the molecule is C=C/C=C(\C#N)C(=O)Nc1cc(N2C(=O)C3=C(CCCC3)C2=O)ccc1Cl. The van der Waals surface area contributed by atoms with Crippen LogP contribution in [0, 0.1) is 11.3 Å². The van der Waals surface area contributed by atoms with Crippen molar-refractivity contribution in [2.24, 2.45) is 0 Å². The largest absolute Gasteiger partial charge is 0.320 e. The van der Waals surface area contributed by atoms with Crippen molar-refractivity contribution in [2.75, 3.05) is 10.2 Å². The third-order valence-electron chi connectivity index (χ3n) is 4.50. The van der Waals surface area contributed by atoms with E-state index >= 15 is 0 Å². The molecule has 2 aliphatic rings. The molecule has 0 fully saturated rings. The summed E-state index contributed by atoms with van der Waals surface area (Å²) in [5, 5.41) is 11.8. The van der Waals surface area contributed by atoms with Crippen molar-refractivity contribution < 1.29 is 14.4 Å². The van der Waals surface area contributed by atoms with E-state index in [2.05, 4.69) is 11.9 Å². The van der Waals surface area contributed by atoms with Gasteiger partial charge in [-0.15, -0.1) is 0 Å². The Balaban J connectivity index is 1.91. The minimum absolute atomic E-state index is 0.142. The molecule has 1 aromatic rings. The third kappa shape index (κ3) is 3.42. The molecule has 0 bridgehead atoms. The first-order chi connectivity index (χ1) is 13.0. The molecule has 7 heteroatoms. The molecule has 27 heavy (non-hydrogen) atoms. The molecule has 0 unspecified atom stereocenters. The van der Waals surface area contributed by atoms with E-state index in [9.17, 15) is 14.4 Å². The maximum absolute atomic E-state index is 12.7. The van der Waals surface area contributed by atoms with Crippen LogP contribution in [0.5, 0.6) is 0 Å². The van der Waals surface area contributed by atoms with E-state index < -0.39 is 5.91 Å². The van der Waals surface area contributed by atoms with Gasteiger partial charge in [0, 0.05) is 11.1 Å². The van der Waals surface area contributed by atoms with Crippen LogP contribution in [0.25, 0.3) is 0 Å². The molecular weight excluding hydrogens is 366 g/mol. The molecule has 6 nitrogen and oxygen atoms in total. The van der Waals surface area contributed by atoms with E-state index in [1.54, 1.807) is 12.1 Å². The number of nitrogens with one attached hydrogen (secondary N) is 1. The molecule has 1 aromatic carbocycles. The van der Waals surface area contributed by atoms with Crippen LogP contribution in [-0.2, 0) is 14.4 Å². The number of carbonyl (C=O) groups is 3. The number of carbonyl (C=O) groups excluding carboxylic acids is 3. The van der Waals surface area contributed by atoms with Crippen LogP contribution in [0.4, 0.5) is 11.4 Å². The molecule has 0 saturated heterocycles. The normalized spacial score (nSPS) is 16.9. The highest BCUT2D eigenvalue weighted by Gasteiger charge is 2.39. The van der Waals surface area contributed by atoms with Gasteiger partial charge >= 0.3 is 0 Å². The summed E-state index contributed by atoms with van der Waals surface area (Å²) in [6.45, 7) is 3.45. The first-order valence-electron chi connectivity index (χ1n) is 8.42. The maximum Gasteiger partial charge on any atom is 0.266 e. The first-order valence-corrected chi connectivity index (χ1v) is 8.80. The maximum atomic E-state index is 12.7. The quantitative estimate of drug-likeness (QED) is 0.373. The Labute approximate surface area is 161 Å². The standard InChI is InChI=1S/C20H16ClN3O3/c1-2-5-12(11-22)18(25)23-17-10-13(8-9-16(17)21)24-19(26)14-6-3-4-7-15(14)20(24)27/h2,5,8-10H,1,3-4,6-7H2,(H,23,25)/b12-5+. The van der Waals surface area contributed by atoms with Crippen molar-refractivity contribution in [2.45, 2.75) is 25.7 Å². The number of benzene rings is 1. The third-order valence-corrected chi connectivity index (χ3v) is 4.83. The highest BCUT2D eigenvalue weighted by atomic mass is 35.5. The summed E-state index contributed by atoms with van der Waals surface area (Å²) in [4.78, 5) is 38.7. The lowest BCUT2D eigenvalue weighted by molar-refractivity contribution is -0.120.